The minimum absolute atomic E-state index is 0.0477. The maximum Gasteiger partial charge on any atom is 0.251 e. The van der Waals surface area contributed by atoms with E-state index in [1.165, 1.54) is 0 Å². The van der Waals surface area contributed by atoms with Crippen LogP contribution in [0.15, 0.2) is 22.7 Å². The van der Waals surface area contributed by atoms with Gasteiger partial charge < -0.3 is 10.2 Å². The van der Waals surface area contributed by atoms with Crippen molar-refractivity contribution in [3.05, 3.63) is 33.8 Å². The number of benzene rings is 1. The molecule has 1 fully saturated rings. The average molecular weight is 339 g/mol. The lowest BCUT2D eigenvalue weighted by molar-refractivity contribution is -0.127. The highest BCUT2D eigenvalue weighted by molar-refractivity contribution is 9.10. The summed E-state index contributed by atoms with van der Waals surface area (Å²) < 4.78 is 0.991. The highest BCUT2D eigenvalue weighted by Crippen LogP contribution is 2.17. The molecule has 0 aliphatic carbocycles. The maximum absolute atomic E-state index is 12.1. The summed E-state index contributed by atoms with van der Waals surface area (Å²) in [6.07, 6.45) is 1.55. The van der Waals surface area contributed by atoms with E-state index in [9.17, 15) is 9.59 Å². The second-order valence-corrected chi connectivity index (χ2v) is 6.14. The van der Waals surface area contributed by atoms with Crippen LogP contribution in [0, 0.1) is 6.92 Å². The first kappa shape index (κ1) is 15.0. The fraction of sp³-hybridized carbons (Fsp3) is 0.467. The second kappa shape index (κ2) is 6.39. The molecule has 1 saturated heterocycles. The number of hydrogen-bond donors (Lipinski definition) is 1. The van der Waals surface area contributed by atoms with Gasteiger partial charge in [-0.1, -0.05) is 15.9 Å². The quantitative estimate of drug-likeness (QED) is 0.916. The molecule has 20 heavy (non-hydrogen) atoms. The van der Waals surface area contributed by atoms with Gasteiger partial charge >= 0.3 is 0 Å². The number of aryl methyl sites for hydroxylation is 1. The molecule has 4 nitrogen and oxygen atoms in total. The number of rotatable bonds is 4. The van der Waals surface area contributed by atoms with Gasteiger partial charge in [0.05, 0.1) is 0 Å². The normalized spacial score (nSPS) is 16.4. The molecule has 2 rings (SSSR count). The molecule has 1 N–H and O–H groups in total. The van der Waals surface area contributed by atoms with E-state index in [-0.39, 0.29) is 17.9 Å². The first-order valence-corrected chi connectivity index (χ1v) is 7.61. The van der Waals surface area contributed by atoms with Crippen molar-refractivity contribution in [1.82, 2.24) is 10.2 Å². The number of amides is 2. The average Bonchev–Trinajstić information content (AvgIpc) is 2.78. The van der Waals surface area contributed by atoms with Gasteiger partial charge in [-0.05, 0) is 44.0 Å². The summed E-state index contributed by atoms with van der Waals surface area (Å²) in [5, 5.41) is 2.94. The number of carbonyl (C=O) groups is 2. The summed E-state index contributed by atoms with van der Waals surface area (Å²) in [6.45, 7) is 5.26. The van der Waals surface area contributed by atoms with Gasteiger partial charge in [-0.25, -0.2) is 0 Å². The molecule has 1 aliphatic heterocycles. The van der Waals surface area contributed by atoms with Crippen molar-refractivity contribution < 1.29 is 9.59 Å². The summed E-state index contributed by atoms with van der Waals surface area (Å²) >= 11 is 3.42. The fourth-order valence-electron chi connectivity index (χ4n) is 2.37. The van der Waals surface area contributed by atoms with Gasteiger partial charge in [0.1, 0.15) is 0 Å². The van der Waals surface area contributed by atoms with Crippen LogP contribution in [0.2, 0.25) is 0 Å². The molecule has 0 saturated carbocycles. The number of hydrogen-bond acceptors (Lipinski definition) is 2. The lowest BCUT2D eigenvalue weighted by Gasteiger charge is -2.21. The minimum atomic E-state index is -0.0975. The van der Waals surface area contributed by atoms with E-state index in [4.69, 9.17) is 0 Å². The van der Waals surface area contributed by atoms with E-state index in [2.05, 4.69) is 21.2 Å². The lowest BCUT2D eigenvalue weighted by Crippen LogP contribution is -2.42. The Morgan fingerprint density at radius 1 is 1.50 bits per heavy atom. The Labute approximate surface area is 127 Å². The smallest absolute Gasteiger partial charge is 0.251 e. The van der Waals surface area contributed by atoms with Crippen LogP contribution >= 0.6 is 15.9 Å². The third kappa shape index (κ3) is 3.60. The van der Waals surface area contributed by atoms with Crippen LogP contribution in [-0.2, 0) is 4.79 Å². The van der Waals surface area contributed by atoms with Gasteiger partial charge in [-0.15, -0.1) is 0 Å². The van der Waals surface area contributed by atoms with E-state index in [0.29, 0.717) is 18.5 Å². The zero-order valence-corrected chi connectivity index (χ0v) is 13.4. The molecule has 1 aliphatic rings. The molecule has 1 unspecified atom stereocenters. The minimum Gasteiger partial charge on any atom is -0.348 e. The summed E-state index contributed by atoms with van der Waals surface area (Å²) in [5.41, 5.74) is 1.67. The Balaban J connectivity index is 1.93. The van der Waals surface area contributed by atoms with E-state index < -0.39 is 0 Å². The third-order valence-electron chi connectivity index (χ3n) is 3.46. The molecular formula is C15H19BrN2O2. The molecule has 0 aromatic heterocycles. The van der Waals surface area contributed by atoms with Crippen LogP contribution in [0.1, 0.15) is 35.7 Å². The monoisotopic (exact) mass is 338 g/mol. The van der Waals surface area contributed by atoms with Crippen molar-refractivity contribution in [3.63, 3.8) is 0 Å². The molecule has 1 heterocycles. The molecule has 0 spiro atoms. The van der Waals surface area contributed by atoms with Crippen molar-refractivity contribution in [3.8, 4) is 0 Å². The van der Waals surface area contributed by atoms with E-state index in [1.54, 1.807) is 6.07 Å². The fourth-order valence-corrected chi connectivity index (χ4v) is 2.61. The highest BCUT2D eigenvalue weighted by atomic mass is 79.9. The molecule has 0 radical (unpaired) electrons. The molecular weight excluding hydrogens is 320 g/mol. The van der Waals surface area contributed by atoms with Gasteiger partial charge in [0.2, 0.25) is 5.91 Å². The van der Waals surface area contributed by atoms with E-state index in [0.717, 1.165) is 23.0 Å². The Morgan fingerprint density at radius 2 is 2.25 bits per heavy atom. The summed E-state index contributed by atoms with van der Waals surface area (Å²) in [6, 6.07) is 5.47. The molecule has 1 aromatic carbocycles. The second-order valence-electron chi connectivity index (χ2n) is 5.28. The molecule has 2 amide bonds. The highest BCUT2D eigenvalue weighted by Gasteiger charge is 2.22. The largest absolute Gasteiger partial charge is 0.348 e. The zero-order valence-electron chi connectivity index (χ0n) is 11.8. The lowest BCUT2D eigenvalue weighted by atomic mass is 10.1. The number of nitrogens with zero attached hydrogens (tertiary/aromatic N) is 1. The first-order valence-electron chi connectivity index (χ1n) is 6.82. The SMILES string of the molecule is Cc1cc(C(=O)NC(C)CN2CCCC2=O)ccc1Br. The van der Waals surface area contributed by atoms with Crippen LogP contribution in [0.3, 0.4) is 0 Å². The van der Waals surface area contributed by atoms with Gasteiger partial charge in [-0.2, -0.15) is 0 Å². The zero-order chi connectivity index (χ0) is 14.7. The Kier molecular flexibility index (Phi) is 4.81. The Morgan fingerprint density at radius 3 is 2.85 bits per heavy atom. The number of halogens is 1. The van der Waals surface area contributed by atoms with Crippen molar-refractivity contribution in [2.45, 2.75) is 32.7 Å². The number of carbonyl (C=O) groups excluding carboxylic acids is 2. The van der Waals surface area contributed by atoms with Crippen molar-refractivity contribution in [2.24, 2.45) is 0 Å². The van der Waals surface area contributed by atoms with Gasteiger partial charge in [0.25, 0.3) is 5.91 Å². The Hall–Kier alpha value is -1.36. The first-order chi connectivity index (χ1) is 9.47. The van der Waals surface area contributed by atoms with Crippen LogP contribution in [0.4, 0.5) is 0 Å². The predicted molar refractivity (Wildman–Crippen MR) is 81.6 cm³/mol. The van der Waals surface area contributed by atoms with Crippen LogP contribution in [0.5, 0.6) is 0 Å². The summed E-state index contributed by atoms with van der Waals surface area (Å²) in [5.74, 6) is 0.0883. The number of likely N-dealkylation sites (tertiary alicyclic amines) is 1. The van der Waals surface area contributed by atoms with Crippen LogP contribution in [0.25, 0.3) is 0 Å². The Bertz CT molecular complexity index is 531. The van der Waals surface area contributed by atoms with Crippen LogP contribution < -0.4 is 5.32 Å². The molecule has 0 bridgehead atoms. The predicted octanol–water partition coefficient (Wildman–Crippen LogP) is 2.50. The standard InChI is InChI=1S/C15H19BrN2O2/c1-10-8-12(5-6-13(10)16)15(20)17-11(2)9-18-7-3-4-14(18)19/h5-6,8,11H,3-4,7,9H2,1-2H3,(H,17,20). The number of nitrogens with one attached hydrogen (secondary N) is 1. The van der Waals surface area contributed by atoms with E-state index in [1.807, 2.05) is 30.9 Å². The van der Waals surface area contributed by atoms with Crippen molar-refractivity contribution >= 4 is 27.7 Å². The van der Waals surface area contributed by atoms with Gasteiger partial charge in [0, 0.05) is 35.6 Å². The maximum atomic E-state index is 12.1. The van der Waals surface area contributed by atoms with Gasteiger partial charge in [-0.3, -0.25) is 9.59 Å². The molecule has 1 atom stereocenters. The molecule has 5 heteroatoms. The topological polar surface area (TPSA) is 49.4 Å². The summed E-state index contributed by atoms with van der Waals surface area (Å²) in [7, 11) is 0. The van der Waals surface area contributed by atoms with Crippen molar-refractivity contribution in [2.75, 3.05) is 13.1 Å². The third-order valence-corrected chi connectivity index (χ3v) is 4.35. The van der Waals surface area contributed by atoms with Crippen molar-refractivity contribution in [1.29, 1.82) is 0 Å². The van der Waals surface area contributed by atoms with Gasteiger partial charge in [0.15, 0.2) is 0 Å². The van der Waals surface area contributed by atoms with E-state index >= 15 is 0 Å². The molecule has 108 valence electrons. The summed E-state index contributed by atoms with van der Waals surface area (Å²) in [4.78, 5) is 25.5. The van der Waals surface area contributed by atoms with Crippen LogP contribution in [-0.4, -0.2) is 35.8 Å². The molecule has 1 aromatic rings.